The van der Waals surface area contributed by atoms with Crippen molar-refractivity contribution in [1.29, 1.82) is 5.26 Å². The molecule has 0 fully saturated rings. The average Bonchev–Trinajstić information content (AvgIpc) is 2.30. The summed E-state index contributed by atoms with van der Waals surface area (Å²) in [6.07, 6.45) is 1.08. The topological polar surface area (TPSA) is 50.1 Å². The van der Waals surface area contributed by atoms with Crippen molar-refractivity contribution in [3.8, 4) is 6.07 Å². The predicted octanol–water partition coefficient (Wildman–Crippen LogP) is 2.14. The summed E-state index contributed by atoms with van der Waals surface area (Å²) in [6.45, 7) is 3.93. The third-order valence-corrected chi connectivity index (χ3v) is 2.61. The zero-order chi connectivity index (χ0) is 12.1. The zero-order valence-electron chi connectivity index (χ0n) is 9.83. The second kappa shape index (κ2) is 5.32. The third-order valence-electron chi connectivity index (χ3n) is 2.61. The Hall–Kier alpha value is -1.82. The molecule has 0 radical (unpaired) electrons. The van der Waals surface area contributed by atoms with Crippen LogP contribution >= 0.6 is 0 Å². The molecule has 0 aliphatic heterocycles. The molecule has 16 heavy (non-hydrogen) atoms. The number of hydrogen-bond acceptors (Lipinski definition) is 3. The van der Waals surface area contributed by atoms with Gasteiger partial charge in [0.1, 0.15) is 0 Å². The molecule has 0 saturated heterocycles. The van der Waals surface area contributed by atoms with Crippen LogP contribution in [0, 0.1) is 18.3 Å². The molecule has 1 aromatic rings. The minimum atomic E-state index is -0.276. The number of carbonyl (C=O) groups excluding carboxylic acids is 1. The molecule has 1 aromatic carbocycles. The number of methoxy groups -OCH3 is 1. The van der Waals surface area contributed by atoms with Crippen LogP contribution in [-0.4, -0.2) is 13.1 Å². The van der Waals surface area contributed by atoms with Crippen LogP contribution in [0.2, 0.25) is 0 Å². The maximum atomic E-state index is 11.2. The van der Waals surface area contributed by atoms with Gasteiger partial charge in [0.05, 0.1) is 25.2 Å². The lowest BCUT2D eigenvalue weighted by Crippen LogP contribution is -2.07. The van der Waals surface area contributed by atoms with Gasteiger partial charge in [-0.05, 0) is 36.1 Å². The molecule has 0 aliphatic rings. The number of aryl methyl sites for hydroxylation is 2. The third kappa shape index (κ3) is 2.60. The van der Waals surface area contributed by atoms with Gasteiger partial charge in [-0.15, -0.1) is 0 Å². The number of ether oxygens (including phenoxy) is 1. The minimum Gasteiger partial charge on any atom is -0.469 e. The molecule has 84 valence electrons. The first kappa shape index (κ1) is 12.3. The van der Waals surface area contributed by atoms with Gasteiger partial charge < -0.3 is 4.74 Å². The summed E-state index contributed by atoms with van der Waals surface area (Å²) >= 11 is 0. The van der Waals surface area contributed by atoms with Crippen molar-refractivity contribution in [3.63, 3.8) is 0 Å². The lowest BCUT2D eigenvalue weighted by Gasteiger charge is -2.09. The monoisotopic (exact) mass is 217 g/mol. The summed E-state index contributed by atoms with van der Waals surface area (Å²) in [5.74, 6) is -0.276. The Morgan fingerprint density at radius 1 is 1.44 bits per heavy atom. The summed E-state index contributed by atoms with van der Waals surface area (Å²) in [5, 5.41) is 8.93. The first-order valence-electron chi connectivity index (χ1n) is 5.21. The quantitative estimate of drug-likeness (QED) is 0.729. The SMILES string of the molecule is CCc1cc(C)c(C#N)cc1CC(=O)OC. The van der Waals surface area contributed by atoms with Crippen LogP contribution in [0.1, 0.15) is 29.2 Å². The van der Waals surface area contributed by atoms with Crippen LogP contribution in [0.3, 0.4) is 0 Å². The standard InChI is InChI=1S/C13H15NO2/c1-4-10-5-9(2)12(8-14)6-11(10)7-13(15)16-3/h5-6H,4,7H2,1-3H3. The van der Waals surface area contributed by atoms with E-state index in [1.54, 1.807) is 6.07 Å². The molecular weight excluding hydrogens is 202 g/mol. The maximum Gasteiger partial charge on any atom is 0.309 e. The van der Waals surface area contributed by atoms with E-state index >= 15 is 0 Å². The predicted molar refractivity (Wildman–Crippen MR) is 61.0 cm³/mol. The van der Waals surface area contributed by atoms with E-state index in [9.17, 15) is 4.79 Å². The molecule has 3 heteroatoms. The second-order valence-corrected chi connectivity index (χ2v) is 3.65. The molecule has 0 spiro atoms. The Kier molecular flexibility index (Phi) is 4.07. The number of rotatable bonds is 3. The van der Waals surface area contributed by atoms with E-state index in [4.69, 9.17) is 5.26 Å². The maximum absolute atomic E-state index is 11.2. The first-order chi connectivity index (χ1) is 7.62. The number of hydrogen-bond donors (Lipinski definition) is 0. The molecule has 0 saturated carbocycles. The normalized spacial score (nSPS) is 9.62. The summed E-state index contributed by atoms with van der Waals surface area (Å²) < 4.78 is 4.64. The van der Waals surface area contributed by atoms with E-state index in [2.05, 4.69) is 10.8 Å². The van der Waals surface area contributed by atoms with Crippen molar-refractivity contribution in [2.75, 3.05) is 7.11 Å². The van der Waals surface area contributed by atoms with E-state index in [0.717, 1.165) is 23.1 Å². The van der Waals surface area contributed by atoms with Gasteiger partial charge in [0.2, 0.25) is 0 Å². The molecule has 0 aromatic heterocycles. The molecule has 0 unspecified atom stereocenters. The van der Waals surface area contributed by atoms with Gasteiger partial charge in [0.25, 0.3) is 0 Å². The molecule has 0 heterocycles. The second-order valence-electron chi connectivity index (χ2n) is 3.65. The molecule has 0 atom stereocenters. The highest BCUT2D eigenvalue weighted by atomic mass is 16.5. The average molecular weight is 217 g/mol. The Bertz CT molecular complexity index is 444. The van der Waals surface area contributed by atoms with Crippen molar-refractivity contribution in [2.24, 2.45) is 0 Å². The fraction of sp³-hybridized carbons (Fsp3) is 0.385. The molecule has 3 nitrogen and oxygen atoms in total. The number of nitrogens with zero attached hydrogens (tertiary/aromatic N) is 1. The van der Waals surface area contributed by atoms with Crippen molar-refractivity contribution in [3.05, 3.63) is 34.4 Å². The van der Waals surface area contributed by atoms with Gasteiger partial charge in [-0.1, -0.05) is 13.0 Å². The van der Waals surface area contributed by atoms with Gasteiger partial charge in [-0.25, -0.2) is 0 Å². The van der Waals surface area contributed by atoms with Crippen molar-refractivity contribution >= 4 is 5.97 Å². The molecule has 0 N–H and O–H groups in total. The molecule has 0 bridgehead atoms. The lowest BCUT2D eigenvalue weighted by atomic mass is 9.96. The van der Waals surface area contributed by atoms with Crippen molar-refractivity contribution < 1.29 is 9.53 Å². The summed E-state index contributed by atoms with van der Waals surface area (Å²) in [7, 11) is 1.37. The fourth-order valence-corrected chi connectivity index (χ4v) is 1.65. The Morgan fingerprint density at radius 3 is 2.62 bits per heavy atom. The fourth-order valence-electron chi connectivity index (χ4n) is 1.65. The van der Waals surface area contributed by atoms with E-state index in [1.807, 2.05) is 19.9 Å². The van der Waals surface area contributed by atoms with Gasteiger partial charge in [0.15, 0.2) is 0 Å². The molecule has 0 amide bonds. The molecule has 1 rings (SSSR count). The number of benzene rings is 1. The molecular formula is C13H15NO2. The first-order valence-corrected chi connectivity index (χ1v) is 5.21. The van der Waals surface area contributed by atoms with Crippen LogP contribution in [0.5, 0.6) is 0 Å². The smallest absolute Gasteiger partial charge is 0.309 e. The number of carbonyl (C=O) groups is 1. The van der Waals surface area contributed by atoms with E-state index in [0.29, 0.717) is 5.56 Å². The zero-order valence-corrected chi connectivity index (χ0v) is 9.83. The largest absolute Gasteiger partial charge is 0.469 e. The summed E-state index contributed by atoms with van der Waals surface area (Å²) in [5.41, 5.74) is 3.56. The van der Waals surface area contributed by atoms with Crippen molar-refractivity contribution in [2.45, 2.75) is 26.7 Å². The van der Waals surface area contributed by atoms with E-state index < -0.39 is 0 Å². The minimum absolute atomic E-state index is 0.231. The highest BCUT2D eigenvalue weighted by Crippen LogP contribution is 2.17. The van der Waals surface area contributed by atoms with Crippen molar-refractivity contribution in [1.82, 2.24) is 0 Å². The van der Waals surface area contributed by atoms with Gasteiger partial charge in [0, 0.05) is 0 Å². The van der Waals surface area contributed by atoms with E-state index in [-0.39, 0.29) is 12.4 Å². The van der Waals surface area contributed by atoms with Crippen LogP contribution in [0.15, 0.2) is 12.1 Å². The van der Waals surface area contributed by atoms with Crippen LogP contribution in [0.4, 0.5) is 0 Å². The Labute approximate surface area is 95.7 Å². The van der Waals surface area contributed by atoms with Gasteiger partial charge in [-0.2, -0.15) is 5.26 Å². The number of nitriles is 1. The lowest BCUT2D eigenvalue weighted by molar-refractivity contribution is -0.139. The van der Waals surface area contributed by atoms with Crippen LogP contribution in [0.25, 0.3) is 0 Å². The highest BCUT2D eigenvalue weighted by Gasteiger charge is 2.10. The summed E-state index contributed by atoms with van der Waals surface area (Å²) in [4.78, 5) is 11.2. The van der Waals surface area contributed by atoms with Gasteiger partial charge >= 0.3 is 5.97 Å². The molecule has 0 aliphatic carbocycles. The Morgan fingerprint density at radius 2 is 2.12 bits per heavy atom. The summed E-state index contributed by atoms with van der Waals surface area (Å²) in [6, 6.07) is 5.88. The van der Waals surface area contributed by atoms with Crippen LogP contribution in [-0.2, 0) is 22.4 Å². The van der Waals surface area contributed by atoms with Gasteiger partial charge in [-0.3, -0.25) is 4.79 Å². The number of esters is 1. The van der Waals surface area contributed by atoms with E-state index in [1.165, 1.54) is 7.11 Å². The van der Waals surface area contributed by atoms with Crippen LogP contribution < -0.4 is 0 Å². The Balaban J connectivity index is 3.15. The highest BCUT2D eigenvalue weighted by molar-refractivity contribution is 5.73.